The van der Waals surface area contributed by atoms with E-state index in [0.717, 1.165) is 6.20 Å². The van der Waals surface area contributed by atoms with Gasteiger partial charge >= 0.3 is 11.8 Å². The van der Waals surface area contributed by atoms with Gasteiger partial charge in [-0.3, -0.25) is 10.1 Å². The molecule has 11 nitrogen and oxygen atoms in total. The molecule has 0 radical (unpaired) electrons. The number of anilines is 2. The van der Waals surface area contributed by atoms with E-state index in [1.807, 2.05) is 20.8 Å². The number of rotatable bonds is 3. The van der Waals surface area contributed by atoms with Crippen LogP contribution in [0.15, 0.2) is 12.3 Å². The van der Waals surface area contributed by atoms with E-state index in [4.69, 9.17) is 10.5 Å². The molecule has 0 bridgehead atoms. The van der Waals surface area contributed by atoms with Gasteiger partial charge in [0.25, 0.3) is 0 Å². The molecule has 2 aromatic rings. The molecule has 0 saturated carbocycles. The third kappa shape index (κ3) is 3.60. The number of likely N-dealkylation sites (tertiary alicyclic amines) is 1. The summed E-state index contributed by atoms with van der Waals surface area (Å²) >= 11 is 0. The number of amides is 1. The van der Waals surface area contributed by atoms with Gasteiger partial charge in [0.05, 0.1) is 4.92 Å². The van der Waals surface area contributed by atoms with Crippen molar-refractivity contribution < 1.29 is 14.5 Å². The van der Waals surface area contributed by atoms with E-state index < -0.39 is 10.5 Å². The summed E-state index contributed by atoms with van der Waals surface area (Å²) in [6, 6.07) is 1.50. The van der Waals surface area contributed by atoms with E-state index in [0.29, 0.717) is 25.3 Å². The van der Waals surface area contributed by atoms with E-state index in [2.05, 4.69) is 15.4 Å². The summed E-state index contributed by atoms with van der Waals surface area (Å²) in [6.45, 7) is 6.45. The van der Waals surface area contributed by atoms with Crippen LogP contribution in [0.2, 0.25) is 0 Å². The first kappa shape index (κ1) is 17.7. The molecule has 140 valence electrons. The third-order valence-corrected chi connectivity index (χ3v) is 3.87. The van der Waals surface area contributed by atoms with Crippen molar-refractivity contribution in [2.45, 2.75) is 38.8 Å². The summed E-state index contributed by atoms with van der Waals surface area (Å²) in [4.78, 5) is 28.5. The number of hydrogen-bond acceptors (Lipinski definition) is 8. The first-order valence-electron chi connectivity index (χ1n) is 8.17. The molecule has 3 heterocycles. The number of fused-ring (bicyclic) bond motifs is 1. The molecule has 0 aromatic carbocycles. The Bertz CT molecular complexity index is 858. The minimum Gasteiger partial charge on any atom is -0.444 e. The monoisotopic (exact) mass is 363 g/mol. The maximum atomic E-state index is 12.1. The largest absolute Gasteiger partial charge is 0.444 e. The predicted molar refractivity (Wildman–Crippen MR) is 93.9 cm³/mol. The fourth-order valence-electron chi connectivity index (χ4n) is 2.76. The molecule has 11 heteroatoms. The Morgan fingerprint density at radius 1 is 1.50 bits per heavy atom. The molecule has 1 atom stereocenters. The highest BCUT2D eigenvalue weighted by atomic mass is 16.6. The first-order chi connectivity index (χ1) is 12.1. The fourth-order valence-corrected chi connectivity index (χ4v) is 2.76. The Morgan fingerprint density at radius 3 is 2.88 bits per heavy atom. The topological polar surface area (TPSA) is 141 Å². The standard InChI is InChI=1S/C15H21N7O4/c1-15(2,3)26-14(23)20-5-4-9(8-20)18-12-6-11(16)21-13(19-12)10(7-17-21)22(24)25/h6-7,9H,4-5,8,16H2,1-3H3,(H,18,19)/t9-/m0/s1. The lowest BCUT2D eigenvalue weighted by atomic mass is 10.2. The number of carbonyl (C=O) groups excluding carboxylic acids is 1. The quantitative estimate of drug-likeness (QED) is 0.619. The Labute approximate surface area is 149 Å². The van der Waals surface area contributed by atoms with E-state index in [1.165, 1.54) is 4.52 Å². The number of nitrogens with zero attached hydrogens (tertiary/aromatic N) is 5. The maximum absolute atomic E-state index is 12.1. The second-order valence-electron chi connectivity index (χ2n) is 7.14. The van der Waals surface area contributed by atoms with Gasteiger partial charge in [0.2, 0.25) is 5.65 Å². The molecule has 3 N–H and O–H groups in total. The van der Waals surface area contributed by atoms with Crippen LogP contribution in [-0.2, 0) is 4.74 Å². The lowest BCUT2D eigenvalue weighted by Gasteiger charge is -2.24. The van der Waals surface area contributed by atoms with Crippen molar-refractivity contribution in [2.75, 3.05) is 24.1 Å². The number of aromatic nitrogens is 3. The molecule has 1 fully saturated rings. The molecular formula is C15H21N7O4. The summed E-state index contributed by atoms with van der Waals surface area (Å²) in [7, 11) is 0. The van der Waals surface area contributed by atoms with Crippen LogP contribution in [0.25, 0.3) is 5.65 Å². The molecule has 0 aliphatic carbocycles. The van der Waals surface area contributed by atoms with Gasteiger partial charge in [-0.2, -0.15) is 9.61 Å². The lowest BCUT2D eigenvalue weighted by molar-refractivity contribution is -0.383. The Balaban J connectivity index is 1.73. The highest BCUT2D eigenvalue weighted by molar-refractivity contribution is 5.69. The number of nitrogens with two attached hydrogens (primary N) is 1. The number of hydrogen-bond donors (Lipinski definition) is 2. The maximum Gasteiger partial charge on any atom is 0.410 e. The number of nitro groups is 1. The third-order valence-electron chi connectivity index (χ3n) is 3.87. The van der Waals surface area contributed by atoms with E-state index >= 15 is 0 Å². The second kappa shape index (κ2) is 6.32. The van der Waals surface area contributed by atoms with Crippen LogP contribution in [0.1, 0.15) is 27.2 Å². The van der Waals surface area contributed by atoms with Crippen LogP contribution in [0.4, 0.5) is 22.1 Å². The van der Waals surface area contributed by atoms with Crippen LogP contribution in [0.5, 0.6) is 0 Å². The smallest absolute Gasteiger partial charge is 0.410 e. The molecule has 1 saturated heterocycles. The highest BCUT2D eigenvalue weighted by Crippen LogP contribution is 2.24. The van der Waals surface area contributed by atoms with Crippen molar-refractivity contribution >= 4 is 29.1 Å². The van der Waals surface area contributed by atoms with Crippen LogP contribution < -0.4 is 11.1 Å². The minimum atomic E-state index is -0.557. The van der Waals surface area contributed by atoms with Gasteiger partial charge in [0.15, 0.2) is 0 Å². The van der Waals surface area contributed by atoms with Crippen molar-refractivity contribution in [1.29, 1.82) is 0 Å². The average Bonchev–Trinajstić information content (AvgIpc) is 3.12. The molecule has 26 heavy (non-hydrogen) atoms. The number of ether oxygens (including phenoxy) is 1. The van der Waals surface area contributed by atoms with Crippen molar-refractivity contribution in [3.63, 3.8) is 0 Å². The Morgan fingerprint density at radius 2 is 2.23 bits per heavy atom. The number of carbonyl (C=O) groups is 1. The molecule has 1 amide bonds. The number of nitrogens with one attached hydrogen (secondary N) is 1. The highest BCUT2D eigenvalue weighted by Gasteiger charge is 2.30. The van der Waals surface area contributed by atoms with Crippen molar-refractivity contribution in [1.82, 2.24) is 19.5 Å². The van der Waals surface area contributed by atoms with Crippen molar-refractivity contribution in [3.8, 4) is 0 Å². The van der Waals surface area contributed by atoms with Crippen LogP contribution in [-0.4, -0.2) is 55.2 Å². The summed E-state index contributed by atoms with van der Waals surface area (Å²) in [5, 5.41) is 18.1. The van der Waals surface area contributed by atoms with Gasteiger partial charge in [-0.25, -0.2) is 9.78 Å². The number of nitrogen functional groups attached to an aromatic ring is 1. The van der Waals surface area contributed by atoms with Gasteiger partial charge in [-0.05, 0) is 27.2 Å². The molecular weight excluding hydrogens is 342 g/mol. The van der Waals surface area contributed by atoms with E-state index in [9.17, 15) is 14.9 Å². The summed E-state index contributed by atoms with van der Waals surface area (Å²) in [5.41, 5.74) is 5.20. The summed E-state index contributed by atoms with van der Waals surface area (Å²) < 4.78 is 6.58. The summed E-state index contributed by atoms with van der Waals surface area (Å²) in [5.74, 6) is 0.627. The van der Waals surface area contributed by atoms with Gasteiger partial charge in [0.1, 0.15) is 23.4 Å². The Kier molecular flexibility index (Phi) is 4.30. The predicted octanol–water partition coefficient (Wildman–Crippen LogP) is 1.64. The fraction of sp³-hybridized carbons (Fsp3) is 0.533. The van der Waals surface area contributed by atoms with Crippen molar-refractivity contribution in [3.05, 3.63) is 22.4 Å². The van der Waals surface area contributed by atoms with E-state index in [1.54, 1.807) is 11.0 Å². The van der Waals surface area contributed by atoms with Crippen LogP contribution >= 0.6 is 0 Å². The summed E-state index contributed by atoms with van der Waals surface area (Å²) in [6.07, 6.45) is 1.45. The molecule has 1 aliphatic rings. The van der Waals surface area contributed by atoms with Gasteiger partial charge in [0, 0.05) is 25.2 Å². The second-order valence-corrected chi connectivity index (χ2v) is 7.14. The molecule has 1 aliphatic heterocycles. The van der Waals surface area contributed by atoms with Gasteiger partial charge in [-0.15, -0.1) is 0 Å². The zero-order chi connectivity index (χ0) is 19.1. The van der Waals surface area contributed by atoms with E-state index in [-0.39, 0.29) is 29.3 Å². The lowest BCUT2D eigenvalue weighted by Crippen LogP contribution is -2.36. The normalized spacial score (nSPS) is 17.5. The zero-order valence-electron chi connectivity index (χ0n) is 14.8. The Hall–Kier alpha value is -3.11. The molecule has 2 aromatic heterocycles. The minimum absolute atomic E-state index is 0.0566. The SMILES string of the molecule is CC(C)(C)OC(=O)N1CC[C@H](Nc2cc(N)n3ncc([N+](=O)[O-])c3n2)C1. The van der Waals surface area contributed by atoms with Crippen LogP contribution in [0, 0.1) is 10.1 Å². The molecule has 0 spiro atoms. The molecule has 0 unspecified atom stereocenters. The average molecular weight is 363 g/mol. The van der Waals surface area contributed by atoms with Gasteiger partial charge < -0.3 is 20.7 Å². The van der Waals surface area contributed by atoms with Gasteiger partial charge in [-0.1, -0.05) is 0 Å². The van der Waals surface area contributed by atoms with Crippen molar-refractivity contribution in [2.24, 2.45) is 0 Å². The van der Waals surface area contributed by atoms with Crippen LogP contribution in [0.3, 0.4) is 0 Å². The zero-order valence-corrected chi connectivity index (χ0v) is 14.8. The first-order valence-corrected chi connectivity index (χ1v) is 8.17. The molecule has 3 rings (SSSR count).